The average Bonchev–Trinajstić information content (AvgIpc) is 2.33. The lowest BCUT2D eigenvalue weighted by molar-refractivity contribution is 0.0697. The molecular formula is C13H7ClF2O2. The first-order valence-corrected chi connectivity index (χ1v) is 5.35. The number of carboxylic acids is 1. The summed E-state index contributed by atoms with van der Waals surface area (Å²) in [7, 11) is 0. The Morgan fingerprint density at radius 2 is 1.89 bits per heavy atom. The number of halogens is 3. The molecule has 0 unspecified atom stereocenters. The highest BCUT2D eigenvalue weighted by Gasteiger charge is 2.14. The lowest BCUT2D eigenvalue weighted by Crippen LogP contribution is -1.98. The van der Waals surface area contributed by atoms with Crippen LogP contribution < -0.4 is 0 Å². The second kappa shape index (κ2) is 4.74. The summed E-state index contributed by atoms with van der Waals surface area (Å²) in [6, 6.07) is 7.70. The molecule has 1 N–H and O–H groups in total. The zero-order valence-corrected chi connectivity index (χ0v) is 9.71. The molecule has 5 heteroatoms. The fraction of sp³-hybridized carbons (Fsp3) is 0. The fourth-order valence-corrected chi connectivity index (χ4v) is 1.78. The van der Waals surface area contributed by atoms with Crippen molar-refractivity contribution in [2.75, 3.05) is 0 Å². The van der Waals surface area contributed by atoms with E-state index in [4.69, 9.17) is 16.7 Å². The van der Waals surface area contributed by atoms with Crippen LogP contribution in [0.5, 0.6) is 0 Å². The van der Waals surface area contributed by atoms with Crippen molar-refractivity contribution in [1.82, 2.24) is 0 Å². The number of aromatic carboxylic acids is 1. The van der Waals surface area contributed by atoms with E-state index in [0.29, 0.717) is 0 Å². The van der Waals surface area contributed by atoms with Gasteiger partial charge in [0.15, 0.2) is 11.6 Å². The van der Waals surface area contributed by atoms with Gasteiger partial charge in [-0.2, -0.15) is 0 Å². The highest BCUT2D eigenvalue weighted by molar-refractivity contribution is 6.33. The van der Waals surface area contributed by atoms with Crippen LogP contribution in [-0.2, 0) is 0 Å². The van der Waals surface area contributed by atoms with E-state index in [0.717, 1.165) is 6.07 Å². The van der Waals surface area contributed by atoms with Gasteiger partial charge in [-0.15, -0.1) is 0 Å². The monoisotopic (exact) mass is 268 g/mol. The number of rotatable bonds is 2. The first-order valence-electron chi connectivity index (χ1n) is 4.98. The average molecular weight is 269 g/mol. The molecule has 0 heterocycles. The first kappa shape index (κ1) is 12.5. The summed E-state index contributed by atoms with van der Waals surface area (Å²) in [5.74, 6) is -3.23. The highest BCUT2D eigenvalue weighted by atomic mass is 35.5. The molecule has 2 nitrogen and oxygen atoms in total. The van der Waals surface area contributed by atoms with Crippen molar-refractivity contribution in [2.24, 2.45) is 0 Å². The minimum atomic E-state index is -1.22. The molecule has 0 fully saturated rings. The zero-order valence-electron chi connectivity index (χ0n) is 8.95. The van der Waals surface area contributed by atoms with Crippen molar-refractivity contribution in [1.29, 1.82) is 0 Å². The smallest absolute Gasteiger partial charge is 0.337 e. The number of carbonyl (C=O) groups is 1. The molecule has 0 aliphatic rings. The Hall–Kier alpha value is -1.94. The Kier molecular flexibility index (Phi) is 3.30. The quantitative estimate of drug-likeness (QED) is 0.894. The summed E-state index contributed by atoms with van der Waals surface area (Å²) in [4.78, 5) is 10.9. The maximum Gasteiger partial charge on any atom is 0.337 e. The van der Waals surface area contributed by atoms with Crippen LogP contribution in [0, 0.1) is 11.6 Å². The fourth-order valence-electron chi connectivity index (χ4n) is 1.58. The Bertz CT molecular complexity index is 626. The van der Waals surface area contributed by atoms with Gasteiger partial charge in [-0.3, -0.25) is 0 Å². The summed E-state index contributed by atoms with van der Waals surface area (Å²) in [6.45, 7) is 0. The number of hydrogen-bond donors (Lipinski definition) is 1. The summed E-state index contributed by atoms with van der Waals surface area (Å²) in [5.41, 5.74) is 0.0980. The van der Waals surface area contributed by atoms with E-state index in [1.807, 2.05) is 0 Å². The molecule has 0 bridgehead atoms. The highest BCUT2D eigenvalue weighted by Crippen LogP contribution is 2.28. The van der Waals surface area contributed by atoms with Crippen LogP contribution in [0.3, 0.4) is 0 Å². The molecule has 0 saturated carbocycles. The Morgan fingerprint density at radius 3 is 2.56 bits per heavy atom. The van der Waals surface area contributed by atoms with Crippen molar-refractivity contribution in [2.45, 2.75) is 0 Å². The van der Waals surface area contributed by atoms with Gasteiger partial charge in [-0.05, 0) is 23.8 Å². The molecule has 0 aromatic heterocycles. The van der Waals surface area contributed by atoms with Gasteiger partial charge in [0.1, 0.15) is 0 Å². The van der Waals surface area contributed by atoms with Gasteiger partial charge < -0.3 is 5.11 Å². The molecule has 2 aromatic rings. The van der Waals surface area contributed by atoms with E-state index in [9.17, 15) is 13.6 Å². The van der Waals surface area contributed by atoms with Crippen LogP contribution in [0.2, 0.25) is 5.02 Å². The number of carboxylic acid groups (broad SMARTS) is 1. The third-order valence-electron chi connectivity index (χ3n) is 2.46. The molecule has 0 radical (unpaired) electrons. The number of hydrogen-bond acceptors (Lipinski definition) is 1. The zero-order chi connectivity index (χ0) is 13.3. The summed E-state index contributed by atoms with van der Waals surface area (Å²) >= 11 is 5.70. The Balaban J connectivity index is 2.62. The molecule has 2 rings (SSSR count). The van der Waals surface area contributed by atoms with Gasteiger partial charge in [-0.1, -0.05) is 29.8 Å². The van der Waals surface area contributed by atoms with E-state index in [1.54, 1.807) is 0 Å². The molecule has 2 aromatic carbocycles. The van der Waals surface area contributed by atoms with E-state index in [-0.39, 0.29) is 21.7 Å². The van der Waals surface area contributed by atoms with E-state index in [2.05, 4.69) is 0 Å². The van der Waals surface area contributed by atoms with Crippen LogP contribution >= 0.6 is 11.6 Å². The Morgan fingerprint density at radius 1 is 1.17 bits per heavy atom. The third-order valence-corrected chi connectivity index (χ3v) is 2.79. The summed E-state index contributed by atoms with van der Waals surface area (Å²) in [6.07, 6.45) is 0. The van der Waals surface area contributed by atoms with E-state index in [1.165, 1.54) is 30.3 Å². The van der Waals surface area contributed by atoms with Gasteiger partial charge in [0.05, 0.1) is 10.6 Å². The van der Waals surface area contributed by atoms with Crippen molar-refractivity contribution < 1.29 is 18.7 Å². The van der Waals surface area contributed by atoms with Crippen molar-refractivity contribution in [3.8, 4) is 11.1 Å². The first-order chi connectivity index (χ1) is 8.50. The van der Waals surface area contributed by atoms with Crippen LogP contribution in [-0.4, -0.2) is 11.1 Å². The second-order valence-electron chi connectivity index (χ2n) is 3.60. The van der Waals surface area contributed by atoms with Gasteiger partial charge in [0.25, 0.3) is 0 Å². The maximum absolute atomic E-state index is 13.6. The molecule has 0 aliphatic heterocycles. The maximum atomic E-state index is 13.6. The normalized spacial score (nSPS) is 10.4. The molecule has 0 saturated heterocycles. The predicted molar refractivity (Wildman–Crippen MR) is 63.8 cm³/mol. The summed E-state index contributed by atoms with van der Waals surface area (Å²) in [5, 5.41) is 8.95. The molecule has 0 aliphatic carbocycles. The van der Waals surface area contributed by atoms with Gasteiger partial charge in [0.2, 0.25) is 0 Å². The number of benzene rings is 2. The van der Waals surface area contributed by atoms with E-state index < -0.39 is 17.6 Å². The minimum Gasteiger partial charge on any atom is -0.478 e. The van der Waals surface area contributed by atoms with Crippen molar-refractivity contribution in [3.05, 3.63) is 58.6 Å². The second-order valence-corrected chi connectivity index (χ2v) is 4.01. The summed E-state index contributed by atoms with van der Waals surface area (Å²) < 4.78 is 26.7. The van der Waals surface area contributed by atoms with E-state index >= 15 is 0 Å². The lowest BCUT2D eigenvalue weighted by Gasteiger charge is -2.06. The Labute approximate surface area is 106 Å². The predicted octanol–water partition coefficient (Wildman–Crippen LogP) is 3.98. The molecule has 0 amide bonds. The standard InChI is InChI=1S/C13H7ClF2O2/c14-10-5-4-7(6-9(10)13(17)18)8-2-1-3-11(15)12(8)16/h1-6H,(H,17,18). The van der Waals surface area contributed by atoms with Crippen LogP contribution in [0.1, 0.15) is 10.4 Å². The minimum absolute atomic E-state index is 0.00540. The lowest BCUT2D eigenvalue weighted by atomic mass is 10.0. The molecule has 92 valence electrons. The van der Waals surface area contributed by atoms with Gasteiger partial charge >= 0.3 is 5.97 Å². The molecule has 18 heavy (non-hydrogen) atoms. The topological polar surface area (TPSA) is 37.3 Å². The molecule has 0 atom stereocenters. The van der Waals surface area contributed by atoms with Gasteiger partial charge in [0, 0.05) is 5.56 Å². The van der Waals surface area contributed by atoms with Crippen molar-refractivity contribution in [3.63, 3.8) is 0 Å². The van der Waals surface area contributed by atoms with Crippen molar-refractivity contribution >= 4 is 17.6 Å². The SMILES string of the molecule is O=C(O)c1cc(-c2cccc(F)c2F)ccc1Cl. The molecule has 0 spiro atoms. The van der Waals surface area contributed by atoms with Crippen LogP contribution in [0.15, 0.2) is 36.4 Å². The largest absolute Gasteiger partial charge is 0.478 e. The van der Waals surface area contributed by atoms with Crippen LogP contribution in [0.25, 0.3) is 11.1 Å². The molecular weight excluding hydrogens is 262 g/mol. The third kappa shape index (κ3) is 2.19. The van der Waals surface area contributed by atoms with Gasteiger partial charge in [-0.25, -0.2) is 13.6 Å². The van der Waals surface area contributed by atoms with Crippen LogP contribution in [0.4, 0.5) is 8.78 Å².